The molecule has 0 saturated carbocycles. The zero-order chi connectivity index (χ0) is 7.15. The molecule has 11 heavy (non-hydrogen) atoms. The molecule has 0 atom stereocenters. The number of rotatable bonds is 0. The van der Waals surface area contributed by atoms with E-state index < -0.39 is 0 Å². The number of hydrogen-bond donors (Lipinski definition) is 0. The minimum absolute atomic E-state index is 0. The maximum atomic E-state index is 3.64. The molecule has 0 aromatic carbocycles. The molecule has 0 rings (SSSR count). The molecule has 0 saturated heterocycles. The van der Waals surface area contributed by atoms with Gasteiger partial charge in [0.2, 0.25) is 0 Å². The Bertz CT molecular complexity index is 27.6. The Labute approximate surface area is 108 Å². The maximum absolute atomic E-state index is 3.64. The van der Waals surface area contributed by atoms with E-state index in [-0.39, 0.29) is 55.7 Å². The van der Waals surface area contributed by atoms with Gasteiger partial charge in [0.25, 0.3) is 0 Å². The van der Waals surface area contributed by atoms with Crippen molar-refractivity contribution in [1.82, 2.24) is 0 Å². The Kier molecular flexibility index (Phi) is 60.2. The van der Waals surface area contributed by atoms with Gasteiger partial charge in [0.15, 0.2) is 0 Å². The van der Waals surface area contributed by atoms with Crippen molar-refractivity contribution in [2.24, 2.45) is 11.8 Å². The fraction of sp³-hybridized carbons (Fsp3) is 0.750. The summed E-state index contributed by atoms with van der Waals surface area (Å²) < 4.78 is 0. The summed E-state index contributed by atoms with van der Waals surface area (Å²) in [5.74, 6) is 1.17. The first-order valence-corrected chi connectivity index (χ1v) is 3.13. The Balaban J connectivity index is -0.0000000171. The van der Waals surface area contributed by atoms with Gasteiger partial charge in [0.05, 0.1) is 0 Å². The fourth-order valence-corrected chi connectivity index (χ4v) is 0. The van der Waals surface area contributed by atoms with Crippen molar-refractivity contribution in [3.63, 3.8) is 0 Å². The summed E-state index contributed by atoms with van der Waals surface area (Å²) in [6, 6.07) is 0. The van der Waals surface area contributed by atoms with Crippen LogP contribution in [0.4, 0.5) is 0 Å². The second kappa shape index (κ2) is 22.6. The van der Waals surface area contributed by atoms with Crippen LogP contribution >= 0.6 is 34.0 Å². The van der Waals surface area contributed by atoms with Crippen molar-refractivity contribution in [3.05, 3.63) is 13.8 Å². The summed E-state index contributed by atoms with van der Waals surface area (Å²) >= 11 is 0. The van der Waals surface area contributed by atoms with Crippen molar-refractivity contribution in [1.29, 1.82) is 0 Å². The van der Waals surface area contributed by atoms with Crippen LogP contribution < -0.4 is 0 Å². The quantitative estimate of drug-likeness (QED) is 0.465. The van der Waals surface area contributed by atoms with Crippen LogP contribution in [0.2, 0.25) is 0 Å². The Morgan fingerprint density at radius 3 is 0.727 bits per heavy atom. The van der Waals surface area contributed by atoms with Gasteiger partial charge in [-0.05, 0) is 0 Å². The first kappa shape index (κ1) is 29.3. The first-order valence-electron chi connectivity index (χ1n) is 3.13. The molecule has 0 spiro atoms. The largest absolute Gasteiger partial charge is 2.00 e. The monoisotopic (exact) mass is 322 g/mol. The molecule has 0 aliphatic carbocycles. The van der Waals surface area contributed by atoms with Gasteiger partial charge in [-0.3, -0.25) is 0 Å². The van der Waals surface area contributed by atoms with Crippen LogP contribution in [0.3, 0.4) is 0 Å². The maximum Gasteiger partial charge on any atom is 2.00 e. The van der Waals surface area contributed by atoms with E-state index in [4.69, 9.17) is 0 Å². The van der Waals surface area contributed by atoms with Crippen LogP contribution in [-0.2, 0) is 21.7 Å². The normalized spacial score (nSPS) is 6.55. The van der Waals surface area contributed by atoms with E-state index in [1.165, 1.54) is 0 Å². The van der Waals surface area contributed by atoms with Crippen molar-refractivity contribution in [2.75, 3.05) is 0 Å². The smallest absolute Gasteiger partial charge is 0.341 e. The summed E-state index contributed by atoms with van der Waals surface area (Å²) in [5, 5.41) is 0. The molecule has 0 aliphatic rings. The van der Waals surface area contributed by atoms with E-state index in [9.17, 15) is 0 Å². The molecule has 0 radical (unpaired) electrons. The van der Waals surface area contributed by atoms with Crippen LogP contribution in [0, 0.1) is 25.7 Å². The molecule has 0 aromatic heterocycles. The predicted octanol–water partition coefficient (Wildman–Crippen LogP) is 4.11. The zero-order valence-corrected chi connectivity index (χ0v) is 12.9. The predicted molar refractivity (Wildman–Crippen MR) is 61.0 cm³/mol. The molecule has 0 nitrogen and oxygen atoms in total. The Hall–Kier alpha value is 1.67. The standard InChI is InChI=1S/2C4H9.2BrH.Ti/c2*1-4(2)3;;;/h2*4H,1H2,2-3H3;2*1H;/q2*-1;;;+2. The third-order valence-electron chi connectivity index (χ3n) is 0. The van der Waals surface area contributed by atoms with Gasteiger partial charge in [-0.1, -0.05) is 27.7 Å². The topological polar surface area (TPSA) is 0 Å². The second-order valence-corrected chi connectivity index (χ2v) is 2.79. The van der Waals surface area contributed by atoms with E-state index >= 15 is 0 Å². The summed E-state index contributed by atoms with van der Waals surface area (Å²) in [4.78, 5) is 0. The third kappa shape index (κ3) is 390. The van der Waals surface area contributed by atoms with Crippen LogP contribution in [0.1, 0.15) is 27.7 Å². The summed E-state index contributed by atoms with van der Waals surface area (Å²) in [5.41, 5.74) is 0. The van der Waals surface area contributed by atoms with E-state index in [2.05, 4.69) is 41.5 Å². The Morgan fingerprint density at radius 1 is 0.727 bits per heavy atom. The number of halogens is 2. The average molecular weight is 324 g/mol. The number of hydrogen-bond acceptors (Lipinski definition) is 0. The van der Waals surface area contributed by atoms with Gasteiger partial charge in [-0.15, -0.1) is 34.0 Å². The molecular formula is C8H20Br2Ti. The first-order chi connectivity index (χ1) is 3.46. The van der Waals surface area contributed by atoms with E-state index in [0.29, 0.717) is 11.8 Å². The van der Waals surface area contributed by atoms with Gasteiger partial charge in [0, 0.05) is 0 Å². The van der Waals surface area contributed by atoms with Gasteiger partial charge in [-0.25, -0.2) is 0 Å². The van der Waals surface area contributed by atoms with Crippen molar-refractivity contribution in [2.45, 2.75) is 27.7 Å². The molecule has 0 amide bonds. The molecule has 3 heteroatoms. The van der Waals surface area contributed by atoms with Crippen LogP contribution in [0.25, 0.3) is 0 Å². The van der Waals surface area contributed by atoms with Gasteiger partial charge in [-0.2, -0.15) is 11.8 Å². The van der Waals surface area contributed by atoms with Gasteiger partial charge >= 0.3 is 21.7 Å². The minimum Gasteiger partial charge on any atom is -0.341 e. The molecule has 0 N–H and O–H groups in total. The van der Waals surface area contributed by atoms with E-state index in [1.54, 1.807) is 0 Å². The van der Waals surface area contributed by atoms with E-state index in [1.807, 2.05) is 0 Å². The molecule has 0 unspecified atom stereocenters. The molecule has 70 valence electrons. The molecule has 0 fully saturated rings. The molecular weight excluding hydrogens is 304 g/mol. The van der Waals surface area contributed by atoms with Gasteiger partial charge < -0.3 is 13.8 Å². The van der Waals surface area contributed by atoms with Crippen molar-refractivity contribution in [3.8, 4) is 0 Å². The molecule has 0 bridgehead atoms. The van der Waals surface area contributed by atoms with Crippen LogP contribution in [-0.4, -0.2) is 0 Å². The average Bonchev–Trinajstić information content (AvgIpc) is 1.25. The minimum atomic E-state index is 0. The van der Waals surface area contributed by atoms with Crippen molar-refractivity contribution >= 4 is 34.0 Å². The van der Waals surface area contributed by atoms with Crippen LogP contribution in [0.5, 0.6) is 0 Å². The Morgan fingerprint density at radius 2 is 0.727 bits per heavy atom. The van der Waals surface area contributed by atoms with Crippen molar-refractivity contribution < 1.29 is 21.7 Å². The SMILES string of the molecule is Br.Br.[CH2-]C(C)C.[CH2-]C(C)C.[Ti+2]. The summed E-state index contributed by atoms with van der Waals surface area (Å²) in [6.07, 6.45) is 0. The van der Waals surface area contributed by atoms with Gasteiger partial charge in [0.1, 0.15) is 0 Å². The molecule has 0 heterocycles. The fourth-order valence-electron chi connectivity index (χ4n) is 0. The molecule has 0 aromatic rings. The summed E-state index contributed by atoms with van der Waals surface area (Å²) in [6.45, 7) is 15.5. The zero-order valence-electron chi connectivity index (χ0n) is 7.89. The van der Waals surface area contributed by atoms with Crippen LogP contribution in [0.15, 0.2) is 0 Å². The third-order valence-corrected chi connectivity index (χ3v) is 0. The van der Waals surface area contributed by atoms with E-state index in [0.717, 1.165) is 0 Å². The summed E-state index contributed by atoms with van der Waals surface area (Å²) in [7, 11) is 0. The second-order valence-electron chi connectivity index (χ2n) is 2.79. The molecule has 0 aliphatic heterocycles.